The van der Waals surface area contributed by atoms with E-state index in [9.17, 15) is 38.8 Å². The van der Waals surface area contributed by atoms with Crippen molar-refractivity contribution in [3.8, 4) is 0 Å². The maximum atomic E-state index is 14.6. The fourth-order valence-electron chi connectivity index (χ4n) is 3.90. The van der Waals surface area contributed by atoms with Crippen molar-refractivity contribution in [1.29, 1.82) is 0 Å². The molecule has 30 heavy (non-hydrogen) atoms. The summed E-state index contributed by atoms with van der Waals surface area (Å²) in [6.45, 7) is 0.0658. The van der Waals surface area contributed by atoms with Crippen molar-refractivity contribution in [3.63, 3.8) is 0 Å². The number of nitrogens with zero attached hydrogens (tertiary/aromatic N) is 1. The van der Waals surface area contributed by atoms with Crippen LogP contribution in [0.3, 0.4) is 0 Å². The van der Waals surface area contributed by atoms with Gasteiger partial charge in [0.05, 0.1) is 0 Å². The predicted molar refractivity (Wildman–Crippen MR) is 98.0 cm³/mol. The molecule has 13 heteroatoms. The number of hydrogen-bond donors (Lipinski definition) is 1. The lowest BCUT2D eigenvalue weighted by molar-refractivity contribution is -0.0452. The number of benzene rings is 1. The molecule has 3 rings (SSSR count). The highest BCUT2D eigenvalue weighted by Gasteiger charge is 2.53. The van der Waals surface area contributed by atoms with Crippen LogP contribution >= 0.6 is 0 Å². The minimum atomic E-state index is -5.62. The smallest absolute Gasteiger partial charge is 0.211 e. The van der Waals surface area contributed by atoms with Gasteiger partial charge >= 0.3 is 15.5 Å². The van der Waals surface area contributed by atoms with E-state index in [1.807, 2.05) is 0 Å². The van der Waals surface area contributed by atoms with Gasteiger partial charge < -0.3 is 0 Å². The molecule has 0 saturated heterocycles. The van der Waals surface area contributed by atoms with E-state index in [4.69, 9.17) is 0 Å². The molecule has 0 atom stereocenters. The summed E-state index contributed by atoms with van der Waals surface area (Å²) in [7, 11) is -9.87. The van der Waals surface area contributed by atoms with Gasteiger partial charge in [0.2, 0.25) is 10.0 Å². The largest absolute Gasteiger partial charge is 0.511 e. The summed E-state index contributed by atoms with van der Waals surface area (Å²) >= 11 is 0. The molecule has 1 heterocycles. The summed E-state index contributed by atoms with van der Waals surface area (Å²) < 4.78 is 117. The Kier molecular flexibility index (Phi) is 6.04. The van der Waals surface area contributed by atoms with Gasteiger partial charge in [0.15, 0.2) is 0 Å². The first-order chi connectivity index (χ1) is 13.8. The zero-order valence-corrected chi connectivity index (χ0v) is 17.1. The zero-order chi connectivity index (χ0) is 22.4. The normalized spacial score (nSPS) is 26.2. The molecule has 6 nitrogen and oxygen atoms in total. The number of hydrogen-bond acceptors (Lipinski definition) is 4. The van der Waals surface area contributed by atoms with Gasteiger partial charge in [-0.15, -0.1) is 0 Å². The molecule has 0 radical (unpaired) electrons. The Morgan fingerprint density at radius 3 is 2.10 bits per heavy atom. The van der Waals surface area contributed by atoms with E-state index in [1.165, 1.54) is 4.72 Å². The topological polar surface area (TPSA) is 83.5 Å². The SMILES string of the molecule is O=S(=O)(N[C@H]1CC[C@@](c2cc(F)ccc2F)(S(=O)(=O)N2CC=CC2)CC1)C(F)(F)F. The van der Waals surface area contributed by atoms with E-state index in [2.05, 4.69) is 0 Å². The fraction of sp³-hybridized carbons (Fsp3) is 0.529. The van der Waals surface area contributed by atoms with Crippen LogP contribution in [0.4, 0.5) is 22.0 Å². The van der Waals surface area contributed by atoms with Gasteiger partial charge in [-0.2, -0.15) is 17.5 Å². The van der Waals surface area contributed by atoms with Crippen molar-refractivity contribution >= 4 is 20.0 Å². The van der Waals surface area contributed by atoms with Crippen molar-refractivity contribution in [1.82, 2.24) is 9.03 Å². The van der Waals surface area contributed by atoms with E-state index < -0.39 is 53.5 Å². The minimum absolute atomic E-state index is 0.0329. The minimum Gasteiger partial charge on any atom is -0.211 e. The molecular formula is C17H19F5N2O4S2. The third-order valence-corrected chi connectivity index (χ3v) is 9.30. The van der Waals surface area contributed by atoms with Crippen LogP contribution in [0, 0.1) is 11.6 Å². The quantitative estimate of drug-likeness (QED) is 0.526. The van der Waals surface area contributed by atoms with Crippen LogP contribution in [0.25, 0.3) is 0 Å². The van der Waals surface area contributed by atoms with Crippen LogP contribution in [0.15, 0.2) is 30.4 Å². The first-order valence-electron chi connectivity index (χ1n) is 8.99. The molecule has 0 unspecified atom stereocenters. The van der Waals surface area contributed by atoms with Crippen molar-refractivity contribution < 1.29 is 38.8 Å². The van der Waals surface area contributed by atoms with Gasteiger partial charge in [-0.05, 0) is 43.9 Å². The molecule has 0 spiro atoms. The second-order valence-electron chi connectivity index (χ2n) is 7.25. The highest BCUT2D eigenvalue weighted by Crippen LogP contribution is 2.47. The number of nitrogens with one attached hydrogen (secondary N) is 1. The lowest BCUT2D eigenvalue weighted by Crippen LogP contribution is -2.52. The molecule has 0 amide bonds. The maximum Gasteiger partial charge on any atom is 0.511 e. The average Bonchev–Trinajstić information content (AvgIpc) is 3.19. The second kappa shape index (κ2) is 7.84. The summed E-state index contributed by atoms with van der Waals surface area (Å²) in [5, 5.41) is 0. The fourth-order valence-corrected chi connectivity index (χ4v) is 6.96. The Balaban J connectivity index is 1.97. The van der Waals surface area contributed by atoms with Crippen molar-refractivity contribution in [2.75, 3.05) is 13.1 Å². The summed E-state index contributed by atoms with van der Waals surface area (Å²) in [6, 6.07) is 1.21. The molecule has 1 saturated carbocycles. The van der Waals surface area contributed by atoms with Gasteiger partial charge in [-0.3, -0.25) is 0 Å². The molecule has 1 aliphatic carbocycles. The molecule has 0 bridgehead atoms. The highest BCUT2D eigenvalue weighted by atomic mass is 32.2. The average molecular weight is 474 g/mol. The number of sulfonamides is 2. The van der Waals surface area contributed by atoms with Crippen molar-refractivity contribution in [2.45, 2.75) is 42.0 Å². The first-order valence-corrected chi connectivity index (χ1v) is 11.9. The molecule has 1 aliphatic heterocycles. The lowest BCUT2D eigenvalue weighted by atomic mass is 9.81. The number of rotatable bonds is 5. The van der Waals surface area contributed by atoms with Crippen LogP contribution in [0.2, 0.25) is 0 Å². The zero-order valence-electron chi connectivity index (χ0n) is 15.5. The molecule has 1 N–H and O–H groups in total. The highest BCUT2D eigenvalue weighted by molar-refractivity contribution is 7.90. The summed E-state index contributed by atoms with van der Waals surface area (Å²) in [5.74, 6) is -1.82. The third-order valence-electron chi connectivity index (χ3n) is 5.46. The monoisotopic (exact) mass is 474 g/mol. The van der Waals surface area contributed by atoms with Crippen LogP contribution in [-0.4, -0.2) is 45.8 Å². The third kappa shape index (κ3) is 3.99. The number of halogens is 5. The summed E-state index contributed by atoms with van der Waals surface area (Å²) in [4.78, 5) is 0. The van der Waals surface area contributed by atoms with E-state index in [1.54, 1.807) is 12.2 Å². The van der Waals surface area contributed by atoms with E-state index in [-0.39, 0.29) is 38.8 Å². The summed E-state index contributed by atoms with van der Waals surface area (Å²) in [6.07, 6.45) is 1.83. The molecule has 1 aromatic rings. The predicted octanol–water partition coefficient (Wildman–Crippen LogP) is 2.74. The maximum absolute atomic E-state index is 14.6. The number of alkyl halides is 3. The van der Waals surface area contributed by atoms with Gasteiger partial charge in [0, 0.05) is 24.7 Å². The van der Waals surface area contributed by atoms with Crippen molar-refractivity contribution in [3.05, 3.63) is 47.5 Å². The Hall–Kier alpha value is -1.57. The van der Waals surface area contributed by atoms with Gasteiger partial charge in [-0.25, -0.2) is 30.3 Å². The molecular weight excluding hydrogens is 455 g/mol. The molecule has 2 aliphatic rings. The van der Waals surface area contributed by atoms with Crippen LogP contribution in [0.5, 0.6) is 0 Å². The van der Waals surface area contributed by atoms with Gasteiger partial charge in [0.25, 0.3) is 0 Å². The van der Waals surface area contributed by atoms with E-state index in [0.29, 0.717) is 0 Å². The Bertz CT molecular complexity index is 1040. The van der Waals surface area contributed by atoms with Gasteiger partial charge in [0.1, 0.15) is 16.4 Å². The molecule has 1 fully saturated rings. The standard InChI is InChI=1S/C17H19F5N2O4S2/c18-12-3-4-15(19)14(11-12)16(30(27,28)24-9-1-2-10-24)7-5-13(6-8-16)23-29(25,26)17(20,21)22/h1-4,11,13,23H,5-10H2/t13-,16+. The Morgan fingerprint density at radius 2 is 1.57 bits per heavy atom. The Morgan fingerprint density at radius 1 is 1.00 bits per heavy atom. The van der Waals surface area contributed by atoms with Crippen LogP contribution < -0.4 is 4.72 Å². The second-order valence-corrected chi connectivity index (χ2v) is 11.2. The summed E-state index contributed by atoms with van der Waals surface area (Å²) in [5.41, 5.74) is -5.92. The molecule has 1 aromatic carbocycles. The Labute approximate surface area is 170 Å². The van der Waals surface area contributed by atoms with Gasteiger partial charge in [-0.1, -0.05) is 12.2 Å². The molecule has 168 valence electrons. The van der Waals surface area contributed by atoms with E-state index >= 15 is 0 Å². The first kappa shape index (κ1) is 23.1. The lowest BCUT2D eigenvalue weighted by Gasteiger charge is -2.42. The van der Waals surface area contributed by atoms with Crippen LogP contribution in [-0.2, 0) is 24.8 Å². The molecule has 0 aromatic heterocycles. The van der Waals surface area contributed by atoms with Crippen LogP contribution in [0.1, 0.15) is 31.2 Å². The van der Waals surface area contributed by atoms with Crippen molar-refractivity contribution in [2.24, 2.45) is 0 Å². The van der Waals surface area contributed by atoms with E-state index in [0.717, 1.165) is 22.5 Å².